The number of aliphatic hydroxyl groups excluding tert-OH is 1. The van der Waals surface area contributed by atoms with Crippen molar-refractivity contribution in [3.8, 4) is 0 Å². The fraction of sp³-hybridized carbons (Fsp3) is 0.909. The molecule has 4 aliphatic rings. The average molecular weight is 505 g/mol. The molecule has 0 spiro atoms. The Hall–Kier alpha value is -0.670. The lowest BCUT2D eigenvalue weighted by Crippen LogP contribution is -2.54. The number of carbonyl (C=O) groups excluding carboxylic acids is 1. The largest absolute Gasteiger partial charge is 0.397 e. The van der Waals surface area contributed by atoms with Crippen LogP contribution in [0.2, 0.25) is 0 Å². The van der Waals surface area contributed by atoms with Crippen LogP contribution in [0.15, 0.2) is 12.7 Å². The first-order valence-electron chi connectivity index (χ1n) is 15.3. The van der Waals surface area contributed by atoms with Gasteiger partial charge in [0.15, 0.2) is 0 Å². The third-order valence-electron chi connectivity index (χ3n) is 11.2. The van der Waals surface area contributed by atoms with Crippen molar-refractivity contribution in [1.29, 1.82) is 0 Å². The molecule has 0 heterocycles. The van der Waals surface area contributed by atoms with Gasteiger partial charge in [-0.3, -0.25) is 4.79 Å². The minimum Gasteiger partial charge on any atom is -0.397 e. The molecule has 0 aromatic heterocycles. The van der Waals surface area contributed by atoms with Crippen LogP contribution in [-0.4, -0.2) is 31.2 Å². The molecule has 0 radical (unpaired) electrons. The maximum Gasteiger partial charge on any atom is 0.142 e. The summed E-state index contributed by atoms with van der Waals surface area (Å²) in [5.74, 6) is 6.79. The summed E-state index contributed by atoms with van der Waals surface area (Å²) in [5, 5.41) is 7.57. The SMILES string of the molecule is C=CC=O.CCO.COC1CCC2(C)C(CCC3C2CCC2(C)C3CCC2[C@H](C)CCCC(C)C)C1. The van der Waals surface area contributed by atoms with Gasteiger partial charge in [0.2, 0.25) is 0 Å². The quantitative estimate of drug-likeness (QED) is 0.279. The topological polar surface area (TPSA) is 46.5 Å². The highest BCUT2D eigenvalue weighted by Gasteiger charge is 2.60. The van der Waals surface area contributed by atoms with Crippen molar-refractivity contribution in [2.24, 2.45) is 52.3 Å². The highest BCUT2D eigenvalue weighted by molar-refractivity contribution is 5.63. The fourth-order valence-corrected chi connectivity index (χ4v) is 9.46. The number of fused-ring (bicyclic) bond motifs is 5. The maximum atomic E-state index is 9.06. The number of ether oxygens (including phenoxy) is 1. The predicted octanol–water partition coefficient (Wildman–Crippen LogP) is 8.49. The van der Waals surface area contributed by atoms with Crippen LogP contribution in [0.3, 0.4) is 0 Å². The summed E-state index contributed by atoms with van der Waals surface area (Å²) in [7, 11) is 1.94. The molecule has 0 aliphatic heterocycles. The third-order valence-corrected chi connectivity index (χ3v) is 11.2. The Labute approximate surface area is 224 Å². The normalized spacial score (nSPS) is 39.8. The summed E-state index contributed by atoms with van der Waals surface area (Å²) in [6.45, 7) is 17.9. The van der Waals surface area contributed by atoms with Gasteiger partial charge in [-0.15, -0.1) is 0 Å². The van der Waals surface area contributed by atoms with Crippen molar-refractivity contribution in [2.45, 2.75) is 125 Å². The van der Waals surface area contributed by atoms with Crippen LogP contribution in [0.1, 0.15) is 119 Å². The van der Waals surface area contributed by atoms with E-state index < -0.39 is 0 Å². The van der Waals surface area contributed by atoms with Gasteiger partial charge in [-0.1, -0.05) is 60.5 Å². The summed E-state index contributed by atoms with van der Waals surface area (Å²) in [6, 6.07) is 0. The Bertz CT molecular complexity index is 653. The standard InChI is InChI=1S/C28H50O.C3H4O.C2H6O/c1-19(2)8-7-9-20(3)24-12-13-25-23-11-10-21-18-22(29-6)14-16-27(21,4)26(23)15-17-28(24,25)5;1-2-3-4;1-2-3/h19-26H,7-18H2,1-6H3;2-3H,1H2;3H,2H2,1H3/t20-,21?,22?,23?,24?,25?,26?,27?,28?;;/m1../s1. The van der Waals surface area contributed by atoms with E-state index in [0.717, 1.165) is 41.4 Å². The van der Waals surface area contributed by atoms with E-state index in [2.05, 4.69) is 41.2 Å². The number of rotatable bonds is 7. The first kappa shape index (κ1) is 31.5. The molecule has 0 amide bonds. The van der Waals surface area contributed by atoms with E-state index in [1.54, 1.807) is 6.92 Å². The lowest BCUT2D eigenvalue weighted by molar-refractivity contribution is -0.133. The maximum absolute atomic E-state index is 9.06. The molecule has 0 bridgehead atoms. The van der Waals surface area contributed by atoms with Crippen LogP contribution in [0.5, 0.6) is 0 Å². The minimum atomic E-state index is 0.250. The second-order valence-corrected chi connectivity index (χ2v) is 13.5. The number of aliphatic hydroxyl groups is 1. The van der Waals surface area contributed by atoms with E-state index >= 15 is 0 Å². The Morgan fingerprint density at radius 1 is 0.972 bits per heavy atom. The van der Waals surface area contributed by atoms with Gasteiger partial charge in [0.25, 0.3) is 0 Å². The van der Waals surface area contributed by atoms with E-state index in [9.17, 15) is 0 Å². The van der Waals surface area contributed by atoms with E-state index in [0.29, 0.717) is 23.2 Å². The first-order valence-corrected chi connectivity index (χ1v) is 15.3. The number of allylic oxidation sites excluding steroid dienone is 1. The van der Waals surface area contributed by atoms with Crippen LogP contribution in [0.25, 0.3) is 0 Å². The van der Waals surface area contributed by atoms with Gasteiger partial charge >= 0.3 is 0 Å². The smallest absolute Gasteiger partial charge is 0.142 e. The number of methoxy groups -OCH3 is 1. The van der Waals surface area contributed by atoms with E-state index in [1.807, 2.05) is 7.11 Å². The number of hydrogen-bond acceptors (Lipinski definition) is 3. The zero-order chi connectivity index (χ0) is 26.9. The monoisotopic (exact) mass is 504 g/mol. The van der Waals surface area contributed by atoms with Crippen molar-refractivity contribution >= 4 is 6.29 Å². The second kappa shape index (κ2) is 14.5. The summed E-state index contributed by atoms with van der Waals surface area (Å²) < 4.78 is 5.79. The van der Waals surface area contributed by atoms with Crippen LogP contribution >= 0.6 is 0 Å². The molecule has 4 saturated carbocycles. The molecule has 3 heteroatoms. The summed E-state index contributed by atoms with van der Waals surface area (Å²) in [6.07, 6.45) is 19.9. The molecule has 4 aliphatic carbocycles. The van der Waals surface area contributed by atoms with Crippen molar-refractivity contribution in [3.63, 3.8) is 0 Å². The average Bonchev–Trinajstić information content (AvgIpc) is 3.21. The zero-order valence-electron chi connectivity index (χ0n) is 24.9. The Morgan fingerprint density at radius 2 is 1.58 bits per heavy atom. The number of aldehydes is 1. The minimum absolute atomic E-state index is 0.250. The van der Waals surface area contributed by atoms with Crippen molar-refractivity contribution in [3.05, 3.63) is 12.7 Å². The van der Waals surface area contributed by atoms with Crippen molar-refractivity contribution < 1.29 is 14.6 Å². The van der Waals surface area contributed by atoms with Gasteiger partial charge in [-0.25, -0.2) is 0 Å². The fourth-order valence-electron chi connectivity index (χ4n) is 9.46. The number of hydrogen-bond donors (Lipinski definition) is 1. The van der Waals surface area contributed by atoms with Crippen molar-refractivity contribution in [2.75, 3.05) is 13.7 Å². The van der Waals surface area contributed by atoms with Crippen LogP contribution < -0.4 is 0 Å². The molecular weight excluding hydrogens is 444 g/mol. The van der Waals surface area contributed by atoms with Gasteiger partial charge in [0.1, 0.15) is 6.29 Å². The Morgan fingerprint density at radius 3 is 2.17 bits per heavy atom. The van der Waals surface area contributed by atoms with Crippen LogP contribution in [0, 0.1) is 52.3 Å². The van der Waals surface area contributed by atoms with Crippen molar-refractivity contribution in [1.82, 2.24) is 0 Å². The predicted molar refractivity (Wildman–Crippen MR) is 153 cm³/mol. The molecule has 0 saturated heterocycles. The van der Waals surface area contributed by atoms with Gasteiger partial charge in [0.05, 0.1) is 6.10 Å². The lowest BCUT2D eigenvalue weighted by atomic mass is 9.44. The molecule has 4 rings (SSSR count). The highest BCUT2D eigenvalue weighted by atomic mass is 16.5. The summed E-state index contributed by atoms with van der Waals surface area (Å²) >= 11 is 0. The molecular formula is C33H60O3. The van der Waals surface area contributed by atoms with Crippen LogP contribution in [-0.2, 0) is 9.53 Å². The highest BCUT2D eigenvalue weighted by Crippen LogP contribution is 2.68. The summed E-state index contributed by atoms with van der Waals surface area (Å²) in [4.78, 5) is 9.06. The molecule has 36 heavy (non-hydrogen) atoms. The molecule has 9 atom stereocenters. The van der Waals surface area contributed by atoms with E-state index in [1.165, 1.54) is 83.1 Å². The van der Waals surface area contributed by atoms with Gasteiger partial charge < -0.3 is 9.84 Å². The molecule has 0 aromatic rings. The molecule has 4 fully saturated rings. The van der Waals surface area contributed by atoms with Gasteiger partial charge in [-0.2, -0.15) is 0 Å². The Balaban J connectivity index is 0.000000583. The van der Waals surface area contributed by atoms with E-state index in [-0.39, 0.29) is 6.61 Å². The van der Waals surface area contributed by atoms with Gasteiger partial charge in [0, 0.05) is 13.7 Å². The lowest BCUT2D eigenvalue weighted by Gasteiger charge is -2.61. The second-order valence-electron chi connectivity index (χ2n) is 13.5. The van der Waals surface area contributed by atoms with Gasteiger partial charge in [-0.05, 0) is 123 Å². The summed E-state index contributed by atoms with van der Waals surface area (Å²) in [5.41, 5.74) is 1.26. The molecule has 210 valence electrons. The first-order chi connectivity index (χ1) is 17.1. The van der Waals surface area contributed by atoms with E-state index in [4.69, 9.17) is 14.6 Å². The molecule has 0 aromatic carbocycles. The molecule has 3 nitrogen and oxygen atoms in total. The number of carbonyl (C=O) groups is 1. The zero-order valence-corrected chi connectivity index (χ0v) is 24.9. The van der Waals surface area contributed by atoms with Crippen LogP contribution in [0.4, 0.5) is 0 Å². The third kappa shape index (κ3) is 7.04. The Kier molecular flexibility index (Phi) is 12.7. The molecule has 8 unspecified atom stereocenters. The molecule has 1 N–H and O–H groups in total.